The van der Waals surface area contributed by atoms with Crippen LogP contribution in [-0.4, -0.2) is 54.9 Å². The van der Waals surface area contributed by atoms with Crippen LogP contribution < -0.4 is 0 Å². The topological polar surface area (TPSA) is 72.5 Å². The predicted molar refractivity (Wildman–Crippen MR) is 161 cm³/mol. The van der Waals surface area contributed by atoms with Gasteiger partial charge in [0.25, 0.3) is 0 Å². The molecule has 0 aromatic heterocycles. The van der Waals surface area contributed by atoms with E-state index in [-0.39, 0.29) is 30.9 Å². The van der Waals surface area contributed by atoms with Crippen LogP contribution in [0, 0.1) is 0 Å². The molecular formula is C34H62O7. The molecule has 0 spiro atoms. The molecule has 0 saturated carbocycles. The minimum absolute atomic E-state index is 0.131. The zero-order valence-electron chi connectivity index (χ0n) is 27.1. The highest BCUT2D eigenvalue weighted by Gasteiger charge is 2.60. The summed E-state index contributed by atoms with van der Waals surface area (Å²) >= 11 is 0. The van der Waals surface area contributed by atoms with Crippen molar-refractivity contribution >= 4 is 5.97 Å². The number of carbonyl (C=O) groups excluding carboxylic acids is 1. The lowest BCUT2D eigenvalue weighted by molar-refractivity contribution is -0.242. The first kappa shape index (κ1) is 34.8. The first-order chi connectivity index (χ1) is 19.7. The van der Waals surface area contributed by atoms with Crippen molar-refractivity contribution in [2.75, 3.05) is 6.61 Å². The van der Waals surface area contributed by atoms with E-state index >= 15 is 0 Å². The van der Waals surface area contributed by atoms with Gasteiger partial charge in [0.05, 0.1) is 0 Å². The van der Waals surface area contributed by atoms with E-state index in [1.54, 1.807) is 0 Å². The molecule has 3 aliphatic rings. The maximum absolute atomic E-state index is 12.4. The number of carbonyl (C=O) groups is 1. The fourth-order valence-corrected chi connectivity index (χ4v) is 6.42. The Hall–Kier alpha value is -0.730. The van der Waals surface area contributed by atoms with Gasteiger partial charge in [-0.2, -0.15) is 0 Å². The second kappa shape index (κ2) is 18.2. The van der Waals surface area contributed by atoms with Crippen molar-refractivity contribution in [3.05, 3.63) is 0 Å². The summed E-state index contributed by atoms with van der Waals surface area (Å²) in [5.41, 5.74) is 0. The Bertz CT molecular complexity index is 724. The Balaban J connectivity index is 1.12. The fraction of sp³-hybridized carbons (Fsp3) is 0.971. The minimum Gasteiger partial charge on any atom is -0.463 e. The first-order valence-electron chi connectivity index (χ1n) is 17.2. The third-order valence-corrected chi connectivity index (χ3v) is 8.64. The first-order valence-corrected chi connectivity index (χ1v) is 17.2. The van der Waals surface area contributed by atoms with Crippen molar-refractivity contribution < 1.29 is 33.2 Å². The van der Waals surface area contributed by atoms with Crippen molar-refractivity contribution in [2.24, 2.45) is 0 Å². The molecule has 5 atom stereocenters. The van der Waals surface area contributed by atoms with Crippen LogP contribution in [-0.2, 0) is 33.2 Å². The summed E-state index contributed by atoms with van der Waals surface area (Å²) in [4.78, 5) is 12.4. The van der Waals surface area contributed by atoms with Gasteiger partial charge in [0.1, 0.15) is 31.0 Å². The number of fused-ring (bicyclic) bond motifs is 3. The number of esters is 1. The second-order valence-corrected chi connectivity index (χ2v) is 13.5. The molecule has 3 aliphatic heterocycles. The molecule has 0 unspecified atom stereocenters. The Morgan fingerprint density at radius 1 is 0.561 bits per heavy atom. The number of ether oxygens (including phenoxy) is 6. The molecule has 0 radical (unpaired) electrons. The molecule has 0 bridgehead atoms. The van der Waals surface area contributed by atoms with Gasteiger partial charge in [-0.25, -0.2) is 0 Å². The molecule has 3 heterocycles. The largest absolute Gasteiger partial charge is 0.463 e. The molecule has 0 aromatic carbocycles. The smallest absolute Gasteiger partial charge is 0.305 e. The molecular weight excluding hydrogens is 520 g/mol. The van der Waals surface area contributed by atoms with E-state index in [0.717, 1.165) is 12.8 Å². The van der Waals surface area contributed by atoms with Crippen molar-refractivity contribution in [2.45, 2.75) is 205 Å². The van der Waals surface area contributed by atoms with E-state index in [9.17, 15) is 4.79 Å². The van der Waals surface area contributed by atoms with Crippen LogP contribution in [0.3, 0.4) is 0 Å². The van der Waals surface area contributed by atoms with Crippen LogP contribution >= 0.6 is 0 Å². The summed E-state index contributed by atoms with van der Waals surface area (Å²) in [6.07, 6.45) is 23.8. The quantitative estimate of drug-likeness (QED) is 0.0933. The molecule has 7 heteroatoms. The van der Waals surface area contributed by atoms with Crippen LogP contribution in [0.2, 0.25) is 0 Å². The molecule has 0 aromatic rings. The van der Waals surface area contributed by atoms with Crippen LogP contribution in [0.5, 0.6) is 0 Å². The van der Waals surface area contributed by atoms with Crippen molar-refractivity contribution in [3.63, 3.8) is 0 Å². The predicted octanol–water partition coefficient (Wildman–Crippen LogP) is 8.75. The standard InChI is InChI=1S/C34H62O7/c1-6-7-8-9-10-11-12-13-14-15-16-17-18-19-20-21-22-23-24-25-28(35)36-26-27-29-30(39-33(2,3)38-29)31-32(37-27)41-34(4,5)40-31/h27,29-32H,6-26H2,1-5H3/t27-,29+,30-,31+,32-/m0/s1. The van der Waals surface area contributed by atoms with E-state index < -0.39 is 24.0 Å². The average Bonchev–Trinajstić information content (AvgIpc) is 3.42. The summed E-state index contributed by atoms with van der Waals surface area (Å²) in [7, 11) is 0. The molecule has 3 rings (SSSR count). The highest BCUT2D eigenvalue weighted by molar-refractivity contribution is 5.69. The monoisotopic (exact) mass is 582 g/mol. The van der Waals surface area contributed by atoms with E-state index in [1.165, 1.54) is 109 Å². The SMILES string of the molecule is CCCCCCCCCCCCCCCCCCCCCC(=O)OC[C@@H]1O[C@H]2OC(C)(C)O[C@@H]2[C@H]2OC(C)(C)O[C@@H]21. The van der Waals surface area contributed by atoms with Crippen LogP contribution in [0.15, 0.2) is 0 Å². The summed E-state index contributed by atoms with van der Waals surface area (Å²) in [6, 6.07) is 0. The lowest BCUT2D eigenvalue weighted by atomic mass is 9.99. The van der Waals surface area contributed by atoms with Gasteiger partial charge in [0, 0.05) is 6.42 Å². The number of hydrogen-bond acceptors (Lipinski definition) is 7. The van der Waals surface area contributed by atoms with Crippen LogP contribution in [0.4, 0.5) is 0 Å². The number of hydrogen-bond donors (Lipinski definition) is 0. The van der Waals surface area contributed by atoms with E-state index in [2.05, 4.69) is 6.92 Å². The average molecular weight is 583 g/mol. The molecule has 240 valence electrons. The Morgan fingerprint density at radius 2 is 0.976 bits per heavy atom. The van der Waals surface area contributed by atoms with Gasteiger partial charge in [-0.05, 0) is 34.1 Å². The Labute approximate surface area is 251 Å². The van der Waals surface area contributed by atoms with E-state index in [0.29, 0.717) is 6.42 Å². The lowest BCUT2D eigenvalue weighted by Crippen LogP contribution is -2.56. The number of unbranched alkanes of at least 4 members (excludes halogenated alkanes) is 18. The van der Waals surface area contributed by atoms with E-state index in [4.69, 9.17) is 28.4 Å². The third kappa shape index (κ3) is 12.8. The third-order valence-electron chi connectivity index (χ3n) is 8.64. The maximum Gasteiger partial charge on any atom is 0.305 e. The molecule has 0 N–H and O–H groups in total. The van der Waals surface area contributed by atoms with Crippen LogP contribution in [0.25, 0.3) is 0 Å². The van der Waals surface area contributed by atoms with Gasteiger partial charge in [-0.1, -0.05) is 122 Å². The zero-order valence-corrected chi connectivity index (χ0v) is 27.1. The molecule has 3 saturated heterocycles. The van der Waals surface area contributed by atoms with E-state index in [1.807, 2.05) is 27.7 Å². The van der Waals surface area contributed by atoms with Gasteiger partial charge >= 0.3 is 5.97 Å². The Kier molecular flexibility index (Phi) is 15.4. The van der Waals surface area contributed by atoms with Crippen molar-refractivity contribution in [3.8, 4) is 0 Å². The van der Waals surface area contributed by atoms with Crippen molar-refractivity contribution in [1.82, 2.24) is 0 Å². The molecule has 0 amide bonds. The molecule has 7 nitrogen and oxygen atoms in total. The zero-order chi connectivity index (χ0) is 29.6. The van der Waals surface area contributed by atoms with Gasteiger partial charge in [0.2, 0.25) is 0 Å². The maximum atomic E-state index is 12.4. The molecule has 0 aliphatic carbocycles. The van der Waals surface area contributed by atoms with Crippen LogP contribution in [0.1, 0.15) is 163 Å². The highest BCUT2D eigenvalue weighted by atomic mass is 16.9. The fourth-order valence-electron chi connectivity index (χ4n) is 6.42. The molecule has 3 fully saturated rings. The normalized spacial score (nSPS) is 28.0. The summed E-state index contributed by atoms with van der Waals surface area (Å²) in [6.45, 7) is 9.89. The lowest BCUT2D eigenvalue weighted by Gasteiger charge is -2.36. The Morgan fingerprint density at radius 3 is 1.49 bits per heavy atom. The second-order valence-electron chi connectivity index (χ2n) is 13.5. The summed E-state index contributed by atoms with van der Waals surface area (Å²) in [5.74, 6) is -1.69. The van der Waals surface area contributed by atoms with Gasteiger partial charge in [0.15, 0.2) is 17.9 Å². The number of rotatable bonds is 22. The highest BCUT2D eigenvalue weighted by Crippen LogP contribution is 2.44. The van der Waals surface area contributed by atoms with Gasteiger partial charge in [-0.3, -0.25) is 4.79 Å². The summed E-state index contributed by atoms with van der Waals surface area (Å²) < 4.78 is 35.9. The van der Waals surface area contributed by atoms with Gasteiger partial charge in [-0.15, -0.1) is 0 Å². The molecule has 41 heavy (non-hydrogen) atoms. The van der Waals surface area contributed by atoms with Gasteiger partial charge < -0.3 is 28.4 Å². The summed E-state index contributed by atoms with van der Waals surface area (Å²) in [5, 5.41) is 0. The minimum atomic E-state index is -0.756. The van der Waals surface area contributed by atoms with Crippen molar-refractivity contribution in [1.29, 1.82) is 0 Å².